The van der Waals surface area contributed by atoms with Crippen LogP contribution < -0.4 is 5.32 Å². The summed E-state index contributed by atoms with van der Waals surface area (Å²) < 4.78 is 4.62. The molecule has 0 aliphatic heterocycles. The summed E-state index contributed by atoms with van der Waals surface area (Å²) in [7, 11) is 1.29. The van der Waals surface area contributed by atoms with E-state index >= 15 is 0 Å². The van der Waals surface area contributed by atoms with Crippen LogP contribution in [0.15, 0.2) is 0 Å². The van der Waals surface area contributed by atoms with Crippen LogP contribution in [-0.2, 0) is 19.1 Å². The number of hydrogen-bond donors (Lipinski definition) is 1. The molecule has 96 valence electrons. The Morgan fingerprint density at radius 3 is 2.71 bits per heavy atom. The molecule has 0 heterocycles. The second kappa shape index (κ2) is 6.37. The lowest BCUT2D eigenvalue weighted by Gasteiger charge is -2.16. The molecule has 0 aromatic heterocycles. The third-order valence-corrected chi connectivity index (χ3v) is 3.10. The zero-order valence-electron chi connectivity index (χ0n) is 10.3. The first-order valence-corrected chi connectivity index (χ1v) is 5.92. The first-order chi connectivity index (χ1) is 8.04. The molecule has 0 radical (unpaired) electrons. The average Bonchev–Trinajstić information content (AvgIpc) is 2.68. The molecule has 1 aliphatic rings. The molecule has 5 nitrogen and oxygen atoms in total. The lowest BCUT2D eigenvalue weighted by molar-refractivity contribution is -0.145. The zero-order valence-corrected chi connectivity index (χ0v) is 10.3. The van der Waals surface area contributed by atoms with E-state index in [1.165, 1.54) is 14.0 Å². The molecular weight excluding hydrogens is 222 g/mol. The number of nitrogens with one attached hydrogen (secondary N) is 1. The highest BCUT2D eigenvalue weighted by molar-refractivity contribution is 5.84. The Balaban J connectivity index is 2.45. The number of esters is 1. The summed E-state index contributed by atoms with van der Waals surface area (Å²) in [6.45, 7) is 1.36. The molecule has 1 unspecified atom stereocenters. The van der Waals surface area contributed by atoms with Crippen LogP contribution in [0.4, 0.5) is 0 Å². The van der Waals surface area contributed by atoms with Crippen LogP contribution in [0.5, 0.6) is 0 Å². The molecule has 0 bridgehead atoms. The third kappa shape index (κ3) is 4.17. The second-order valence-electron chi connectivity index (χ2n) is 4.41. The minimum Gasteiger partial charge on any atom is -0.467 e. The molecule has 17 heavy (non-hydrogen) atoms. The van der Waals surface area contributed by atoms with E-state index in [0.717, 1.165) is 12.8 Å². The summed E-state index contributed by atoms with van der Waals surface area (Å²) in [6.07, 6.45) is 3.58. The Morgan fingerprint density at radius 2 is 2.24 bits per heavy atom. The van der Waals surface area contributed by atoms with Gasteiger partial charge in [-0.05, 0) is 25.7 Å². The van der Waals surface area contributed by atoms with Crippen LogP contribution in [0.2, 0.25) is 0 Å². The van der Waals surface area contributed by atoms with Crippen molar-refractivity contribution >= 4 is 17.7 Å². The number of methoxy groups -OCH3 is 1. The van der Waals surface area contributed by atoms with Gasteiger partial charge >= 0.3 is 5.97 Å². The standard InChI is InChI=1S/C12H19NO4/c1-8(14)13-10(12(16)17-2)7-6-9-4-3-5-11(9)15/h9-10H,3-7H2,1-2H3,(H,13,14)/t9-,10?/m1/s1. The van der Waals surface area contributed by atoms with Crippen molar-refractivity contribution in [2.24, 2.45) is 5.92 Å². The largest absolute Gasteiger partial charge is 0.467 e. The van der Waals surface area contributed by atoms with E-state index in [-0.39, 0.29) is 17.6 Å². The number of hydrogen-bond acceptors (Lipinski definition) is 4. The van der Waals surface area contributed by atoms with Gasteiger partial charge in [-0.1, -0.05) is 0 Å². The summed E-state index contributed by atoms with van der Waals surface area (Å²) in [5.74, 6) is -0.392. The SMILES string of the molecule is COC(=O)C(CC[C@H]1CCCC1=O)NC(C)=O. The van der Waals surface area contributed by atoms with Gasteiger partial charge in [-0.2, -0.15) is 0 Å². The van der Waals surface area contributed by atoms with E-state index in [2.05, 4.69) is 10.1 Å². The molecular formula is C12H19NO4. The van der Waals surface area contributed by atoms with Gasteiger partial charge in [0.15, 0.2) is 0 Å². The Labute approximate surface area is 101 Å². The van der Waals surface area contributed by atoms with E-state index in [0.29, 0.717) is 19.3 Å². The summed E-state index contributed by atoms with van der Waals surface area (Å²) in [5.41, 5.74) is 0. The summed E-state index contributed by atoms with van der Waals surface area (Å²) in [4.78, 5) is 33.8. The smallest absolute Gasteiger partial charge is 0.328 e. The molecule has 1 amide bonds. The van der Waals surface area contributed by atoms with Gasteiger partial charge in [-0.25, -0.2) is 4.79 Å². The lowest BCUT2D eigenvalue weighted by atomic mass is 9.97. The Kier molecular flexibility index (Phi) is 5.12. The monoisotopic (exact) mass is 241 g/mol. The van der Waals surface area contributed by atoms with Gasteiger partial charge in [0.1, 0.15) is 11.8 Å². The summed E-state index contributed by atoms with van der Waals surface area (Å²) in [5, 5.41) is 2.54. The second-order valence-corrected chi connectivity index (χ2v) is 4.41. The number of ketones is 1. The first-order valence-electron chi connectivity index (χ1n) is 5.92. The van der Waals surface area contributed by atoms with Crippen molar-refractivity contribution in [2.45, 2.75) is 45.1 Å². The van der Waals surface area contributed by atoms with Crippen molar-refractivity contribution in [3.8, 4) is 0 Å². The van der Waals surface area contributed by atoms with E-state index in [4.69, 9.17) is 0 Å². The molecule has 1 saturated carbocycles. The van der Waals surface area contributed by atoms with Crippen molar-refractivity contribution < 1.29 is 19.1 Å². The lowest BCUT2D eigenvalue weighted by Crippen LogP contribution is -2.40. The normalized spacial score (nSPS) is 21.1. The van der Waals surface area contributed by atoms with Crippen LogP contribution in [0.1, 0.15) is 39.0 Å². The minimum atomic E-state index is -0.633. The van der Waals surface area contributed by atoms with Crippen molar-refractivity contribution in [3.63, 3.8) is 0 Å². The zero-order chi connectivity index (χ0) is 12.8. The molecule has 5 heteroatoms. The molecule has 0 aromatic rings. The van der Waals surface area contributed by atoms with Crippen molar-refractivity contribution in [2.75, 3.05) is 7.11 Å². The van der Waals surface area contributed by atoms with Crippen LogP contribution >= 0.6 is 0 Å². The maximum Gasteiger partial charge on any atom is 0.328 e. The highest BCUT2D eigenvalue weighted by Gasteiger charge is 2.27. The van der Waals surface area contributed by atoms with Crippen LogP contribution in [0.3, 0.4) is 0 Å². The van der Waals surface area contributed by atoms with Gasteiger partial charge in [0.25, 0.3) is 0 Å². The highest BCUT2D eigenvalue weighted by atomic mass is 16.5. The van der Waals surface area contributed by atoms with Crippen molar-refractivity contribution in [3.05, 3.63) is 0 Å². The predicted octanol–water partition coefficient (Wildman–Crippen LogP) is 0.813. The molecule has 1 fully saturated rings. The topological polar surface area (TPSA) is 72.5 Å². The fraction of sp³-hybridized carbons (Fsp3) is 0.750. The van der Waals surface area contributed by atoms with E-state index in [9.17, 15) is 14.4 Å². The van der Waals surface area contributed by atoms with Gasteiger partial charge in [-0.15, -0.1) is 0 Å². The average molecular weight is 241 g/mol. The highest BCUT2D eigenvalue weighted by Crippen LogP contribution is 2.26. The molecule has 0 aromatic carbocycles. The maximum atomic E-state index is 11.4. The van der Waals surface area contributed by atoms with Crippen molar-refractivity contribution in [1.82, 2.24) is 5.32 Å². The van der Waals surface area contributed by atoms with Gasteiger partial charge in [0.05, 0.1) is 7.11 Å². The molecule has 0 saturated heterocycles. The molecule has 1 rings (SSSR count). The molecule has 1 N–H and O–H groups in total. The fourth-order valence-corrected chi connectivity index (χ4v) is 2.20. The van der Waals surface area contributed by atoms with Crippen LogP contribution in [-0.4, -0.2) is 30.8 Å². The minimum absolute atomic E-state index is 0.0518. The fourth-order valence-electron chi connectivity index (χ4n) is 2.20. The number of rotatable bonds is 5. The van der Waals surface area contributed by atoms with E-state index in [1.807, 2.05) is 0 Å². The van der Waals surface area contributed by atoms with Gasteiger partial charge < -0.3 is 10.1 Å². The molecule has 0 spiro atoms. The van der Waals surface area contributed by atoms with E-state index < -0.39 is 12.0 Å². The Bertz CT molecular complexity index is 314. The Hall–Kier alpha value is -1.39. The number of carbonyl (C=O) groups excluding carboxylic acids is 3. The van der Waals surface area contributed by atoms with Gasteiger partial charge in [0.2, 0.25) is 5.91 Å². The van der Waals surface area contributed by atoms with Gasteiger partial charge in [0, 0.05) is 19.3 Å². The first kappa shape index (κ1) is 13.7. The van der Waals surface area contributed by atoms with Crippen LogP contribution in [0, 0.1) is 5.92 Å². The van der Waals surface area contributed by atoms with Crippen LogP contribution in [0.25, 0.3) is 0 Å². The number of Topliss-reactive ketones (excluding diaryl/α,β-unsaturated/α-hetero) is 1. The number of amides is 1. The summed E-state index contributed by atoms with van der Waals surface area (Å²) >= 11 is 0. The summed E-state index contributed by atoms with van der Waals surface area (Å²) in [6, 6.07) is -0.633. The van der Waals surface area contributed by atoms with Gasteiger partial charge in [-0.3, -0.25) is 9.59 Å². The molecule has 2 atom stereocenters. The maximum absolute atomic E-state index is 11.4. The van der Waals surface area contributed by atoms with E-state index in [1.54, 1.807) is 0 Å². The number of carbonyl (C=O) groups is 3. The Morgan fingerprint density at radius 1 is 1.53 bits per heavy atom. The predicted molar refractivity (Wildman–Crippen MR) is 61.2 cm³/mol. The quantitative estimate of drug-likeness (QED) is 0.723. The number of ether oxygens (including phenoxy) is 1. The molecule has 1 aliphatic carbocycles. The van der Waals surface area contributed by atoms with Crippen molar-refractivity contribution in [1.29, 1.82) is 0 Å². The third-order valence-electron chi connectivity index (χ3n) is 3.10.